The van der Waals surface area contributed by atoms with Gasteiger partial charge in [-0.2, -0.15) is 5.10 Å². The number of nitrogens with one attached hydrogen (secondary N) is 1. The first-order valence-electron chi connectivity index (χ1n) is 11.4. The molecule has 0 atom stereocenters. The number of amides is 1. The number of hydrogen-bond donors (Lipinski definition) is 1. The number of fused-ring (bicyclic) bond motifs is 1. The van der Waals surface area contributed by atoms with Crippen LogP contribution in [0.5, 0.6) is 11.5 Å². The van der Waals surface area contributed by atoms with Crippen molar-refractivity contribution in [2.24, 2.45) is 5.10 Å². The van der Waals surface area contributed by atoms with Crippen LogP contribution in [-0.2, 0) is 11.2 Å². The summed E-state index contributed by atoms with van der Waals surface area (Å²) < 4.78 is 11.2. The van der Waals surface area contributed by atoms with Crippen LogP contribution in [0.25, 0.3) is 10.8 Å². The Hall–Kier alpha value is -4.45. The van der Waals surface area contributed by atoms with Crippen molar-refractivity contribution < 1.29 is 19.1 Å². The van der Waals surface area contributed by atoms with Crippen molar-refractivity contribution in [1.29, 1.82) is 0 Å². The largest absolute Gasteiger partial charge is 0.484 e. The molecule has 0 saturated carbocycles. The van der Waals surface area contributed by atoms with Gasteiger partial charge in [-0.25, -0.2) is 10.2 Å². The van der Waals surface area contributed by atoms with Crippen molar-refractivity contribution in [3.63, 3.8) is 0 Å². The Morgan fingerprint density at radius 1 is 0.943 bits per heavy atom. The Morgan fingerprint density at radius 3 is 2.51 bits per heavy atom. The van der Waals surface area contributed by atoms with Gasteiger partial charge in [0.1, 0.15) is 11.5 Å². The van der Waals surface area contributed by atoms with Gasteiger partial charge in [-0.15, -0.1) is 0 Å². The maximum absolute atomic E-state index is 12.7. The van der Waals surface area contributed by atoms with Crippen molar-refractivity contribution in [1.82, 2.24) is 5.43 Å². The highest BCUT2D eigenvalue weighted by Gasteiger charge is 2.14. The number of carbonyl (C=O) groups is 2. The minimum absolute atomic E-state index is 0.173. The molecule has 0 aliphatic rings. The normalized spacial score (nSPS) is 10.9. The molecule has 35 heavy (non-hydrogen) atoms. The summed E-state index contributed by atoms with van der Waals surface area (Å²) in [4.78, 5) is 25.0. The maximum atomic E-state index is 12.7. The Kier molecular flexibility index (Phi) is 7.53. The molecule has 0 aliphatic carbocycles. The molecule has 0 aliphatic heterocycles. The van der Waals surface area contributed by atoms with Gasteiger partial charge in [-0.1, -0.05) is 67.1 Å². The number of rotatable bonds is 8. The summed E-state index contributed by atoms with van der Waals surface area (Å²) in [6.07, 6.45) is 2.42. The van der Waals surface area contributed by atoms with Crippen LogP contribution >= 0.6 is 0 Å². The third-order valence-corrected chi connectivity index (χ3v) is 5.47. The lowest BCUT2D eigenvalue weighted by molar-refractivity contribution is -0.123. The lowest BCUT2D eigenvalue weighted by Gasteiger charge is -2.11. The van der Waals surface area contributed by atoms with Gasteiger partial charge in [-0.3, -0.25) is 4.79 Å². The Morgan fingerprint density at radius 2 is 1.74 bits per heavy atom. The molecule has 0 unspecified atom stereocenters. The number of hydrazone groups is 1. The van der Waals surface area contributed by atoms with Crippen molar-refractivity contribution in [2.45, 2.75) is 20.3 Å². The molecule has 0 saturated heterocycles. The molecule has 1 amide bonds. The van der Waals surface area contributed by atoms with Crippen LogP contribution in [0.4, 0.5) is 0 Å². The lowest BCUT2D eigenvalue weighted by atomic mass is 10.0. The molecule has 0 radical (unpaired) electrons. The molecule has 4 aromatic carbocycles. The minimum atomic E-state index is -0.467. The highest BCUT2D eigenvalue weighted by Crippen LogP contribution is 2.27. The Bertz CT molecular complexity index is 1380. The van der Waals surface area contributed by atoms with Crippen LogP contribution < -0.4 is 14.9 Å². The minimum Gasteiger partial charge on any atom is -0.484 e. The zero-order valence-electron chi connectivity index (χ0n) is 19.7. The van der Waals surface area contributed by atoms with Gasteiger partial charge >= 0.3 is 5.97 Å². The van der Waals surface area contributed by atoms with E-state index in [-0.39, 0.29) is 6.61 Å². The lowest BCUT2D eigenvalue weighted by Crippen LogP contribution is -2.24. The van der Waals surface area contributed by atoms with Gasteiger partial charge in [0.05, 0.1) is 11.8 Å². The summed E-state index contributed by atoms with van der Waals surface area (Å²) in [5.41, 5.74) is 5.67. The average Bonchev–Trinajstić information content (AvgIpc) is 2.88. The Balaban J connectivity index is 1.48. The highest BCUT2D eigenvalue weighted by molar-refractivity contribution is 6.04. The molecule has 0 heterocycles. The summed E-state index contributed by atoms with van der Waals surface area (Å²) in [5, 5.41) is 5.88. The zero-order valence-corrected chi connectivity index (χ0v) is 19.7. The van der Waals surface area contributed by atoms with E-state index in [1.807, 2.05) is 73.7 Å². The number of nitrogens with zero attached hydrogens (tertiary/aromatic N) is 1. The van der Waals surface area contributed by atoms with E-state index < -0.39 is 11.9 Å². The van der Waals surface area contributed by atoms with Crippen LogP contribution in [0.1, 0.15) is 34.0 Å². The first-order valence-corrected chi connectivity index (χ1v) is 11.4. The first kappa shape index (κ1) is 23.7. The molecule has 4 rings (SSSR count). The van der Waals surface area contributed by atoms with Gasteiger partial charge in [-0.05, 0) is 60.0 Å². The van der Waals surface area contributed by atoms with E-state index >= 15 is 0 Å². The number of aryl methyl sites for hydroxylation is 2. The second-order valence-corrected chi connectivity index (χ2v) is 8.04. The number of carbonyl (C=O) groups excluding carboxylic acids is 2. The van der Waals surface area contributed by atoms with E-state index in [4.69, 9.17) is 9.47 Å². The van der Waals surface area contributed by atoms with E-state index in [0.717, 1.165) is 22.8 Å². The summed E-state index contributed by atoms with van der Waals surface area (Å²) >= 11 is 0. The number of benzene rings is 4. The maximum Gasteiger partial charge on any atom is 0.343 e. The predicted molar refractivity (Wildman–Crippen MR) is 137 cm³/mol. The van der Waals surface area contributed by atoms with Gasteiger partial charge in [0.25, 0.3) is 5.91 Å². The quantitative estimate of drug-likeness (QED) is 0.162. The molecule has 0 spiro atoms. The van der Waals surface area contributed by atoms with Crippen molar-refractivity contribution in [2.75, 3.05) is 6.61 Å². The molecule has 1 N–H and O–H groups in total. The Labute approximate surface area is 204 Å². The average molecular weight is 467 g/mol. The van der Waals surface area contributed by atoms with Crippen LogP contribution in [-0.4, -0.2) is 24.7 Å². The fraction of sp³-hybridized carbons (Fsp3) is 0.138. The number of hydrogen-bond acceptors (Lipinski definition) is 5. The van der Waals surface area contributed by atoms with Crippen LogP contribution in [0.15, 0.2) is 90.0 Å². The fourth-order valence-electron chi connectivity index (χ4n) is 3.60. The van der Waals surface area contributed by atoms with E-state index in [9.17, 15) is 9.59 Å². The third-order valence-electron chi connectivity index (χ3n) is 5.47. The molecule has 0 bridgehead atoms. The molecule has 176 valence electrons. The molecular formula is C29H26N2O4. The molecule has 0 fully saturated rings. The van der Waals surface area contributed by atoms with Crippen LogP contribution in [0.2, 0.25) is 0 Å². The van der Waals surface area contributed by atoms with Gasteiger partial charge in [0.15, 0.2) is 6.61 Å². The number of esters is 1. The highest BCUT2D eigenvalue weighted by atomic mass is 16.5. The topological polar surface area (TPSA) is 77.0 Å². The molecule has 6 nitrogen and oxygen atoms in total. The van der Waals surface area contributed by atoms with Crippen LogP contribution in [0.3, 0.4) is 0 Å². The summed E-state index contributed by atoms with van der Waals surface area (Å²) in [5.74, 6) is 0.0886. The summed E-state index contributed by atoms with van der Waals surface area (Å²) in [6, 6.07) is 26.1. The van der Waals surface area contributed by atoms with Gasteiger partial charge < -0.3 is 9.47 Å². The van der Waals surface area contributed by atoms with E-state index in [1.54, 1.807) is 18.2 Å². The van der Waals surface area contributed by atoms with Crippen molar-refractivity contribution in [3.8, 4) is 11.5 Å². The van der Waals surface area contributed by atoms with Crippen molar-refractivity contribution >= 4 is 28.9 Å². The monoisotopic (exact) mass is 466 g/mol. The molecule has 4 aromatic rings. The van der Waals surface area contributed by atoms with Crippen molar-refractivity contribution in [3.05, 3.63) is 107 Å². The third kappa shape index (κ3) is 6.12. The predicted octanol–water partition coefficient (Wildman–Crippen LogP) is 5.46. The van der Waals surface area contributed by atoms with Gasteiger partial charge in [0, 0.05) is 5.56 Å². The molecule has 0 aromatic heterocycles. The first-order chi connectivity index (χ1) is 17.0. The second kappa shape index (κ2) is 11.1. The smallest absolute Gasteiger partial charge is 0.343 e. The van der Waals surface area contributed by atoms with Crippen LogP contribution in [0, 0.1) is 6.92 Å². The fourth-order valence-corrected chi connectivity index (χ4v) is 3.60. The molecule has 6 heteroatoms. The SMILES string of the molecule is CCc1ccc(OCC(=O)N/N=C\c2c(OC(=O)c3cccc(C)c3)ccc3ccccc23)cc1. The van der Waals surface area contributed by atoms with E-state index in [0.29, 0.717) is 22.6 Å². The zero-order chi connectivity index (χ0) is 24.6. The number of ether oxygens (including phenoxy) is 2. The van der Waals surface area contributed by atoms with Gasteiger partial charge in [0.2, 0.25) is 0 Å². The standard InChI is InChI=1S/C29H26N2O4/c1-3-21-11-14-24(15-12-21)34-19-28(32)31-30-18-26-25-10-5-4-8-22(25)13-16-27(26)35-29(33)23-9-6-7-20(2)17-23/h4-18H,3,19H2,1-2H3,(H,31,32)/b30-18-. The van der Waals surface area contributed by atoms with E-state index in [1.165, 1.54) is 11.8 Å². The molecular weight excluding hydrogens is 440 g/mol. The summed E-state index contributed by atoms with van der Waals surface area (Å²) in [6.45, 7) is 3.82. The van der Waals surface area contributed by atoms with E-state index in [2.05, 4.69) is 17.5 Å². The second-order valence-electron chi connectivity index (χ2n) is 8.04. The summed E-state index contributed by atoms with van der Waals surface area (Å²) in [7, 11) is 0.